The molecule has 17 heavy (non-hydrogen) atoms. The van der Waals surface area contributed by atoms with Crippen molar-refractivity contribution in [1.29, 1.82) is 0 Å². The average Bonchev–Trinajstić information content (AvgIpc) is 2.68. The molecule has 1 saturated heterocycles. The number of thioether (sulfide) groups is 1. The van der Waals surface area contributed by atoms with Gasteiger partial charge in [-0.1, -0.05) is 12.1 Å². The van der Waals surface area contributed by atoms with E-state index in [-0.39, 0.29) is 10.9 Å². The molecule has 1 aliphatic rings. The molecular formula is C11H16N2O2S2. The van der Waals surface area contributed by atoms with Gasteiger partial charge in [0.2, 0.25) is 10.0 Å². The Hall–Kier alpha value is -0.720. The van der Waals surface area contributed by atoms with Gasteiger partial charge in [0.25, 0.3) is 0 Å². The van der Waals surface area contributed by atoms with Gasteiger partial charge >= 0.3 is 0 Å². The summed E-state index contributed by atoms with van der Waals surface area (Å²) in [5, 5.41) is 0. The lowest BCUT2D eigenvalue weighted by Gasteiger charge is -2.15. The fraction of sp³-hybridized carbons (Fsp3) is 0.455. The zero-order chi connectivity index (χ0) is 12.5. The molecule has 1 aliphatic heterocycles. The fourth-order valence-electron chi connectivity index (χ4n) is 1.95. The number of anilines is 1. The molecule has 4 nitrogen and oxygen atoms in total. The highest BCUT2D eigenvalue weighted by Gasteiger charge is 2.25. The van der Waals surface area contributed by atoms with Gasteiger partial charge in [0, 0.05) is 11.8 Å². The second kappa shape index (κ2) is 4.88. The highest BCUT2D eigenvalue weighted by atomic mass is 32.2. The van der Waals surface area contributed by atoms with Crippen molar-refractivity contribution in [2.24, 2.45) is 0 Å². The summed E-state index contributed by atoms with van der Waals surface area (Å²) in [6.45, 7) is 1.76. The summed E-state index contributed by atoms with van der Waals surface area (Å²) >= 11 is 1.77. The van der Waals surface area contributed by atoms with Crippen molar-refractivity contribution < 1.29 is 8.42 Å². The smallest absolute Gasteiger partial charge is 0.243 e. The van der Waals surface area contributed by atoms with Crippen molar-refractivity contribution in [3.63, 3.8) is 0 Å². The van der Waals surface area contributed by atoms with Gasteiger partial charge in [-0.2, -0.15) is 11.8 Å². The van der Waals surface area contributed by atoms with Crippen LogP contribution in [-0.2, 0) is 10.0 Å². The summed E-state index contributed by atoms with van der Waals surface area (Å²) in [7, 11) is -3.49. The number of benzene rings is 1. The van der Waals surface area contributed by atoms with Crippen LogP contribution in [0.15, 0.2) is 23.1 Å². The van der Waals surface area contributed by atoms with Crippen molar-refractivity contribution >= 4 is 27.5 Å². The number of nitrogen functional groups attached to an aromatic ring is 1. The van der Waals surface area contributed by atoms with E-state index in [1.54, 1.807) is 36.9 Å². The summed E-state index contributed by atoms with van der Waals surface area (Å²) in [5.41, 5.74) is 6.75. The van der Waals surface area contributed by atoms with E-state index in [1.807, 2.05) is 0 Å². The van der Waals surface area contributed by atoms with E-state index in [2.05, 4.69) is 4.72 Å². The second-order valence-electron chi connectivity index (χ2n) is 4.18. The molecule has 0 aliphatic carbocycles. The molecule has 0 spiro atoms. The Balaban J connectivity index is 2.31. The predicted octanol–water partition coefficient (Wildman–Crippen LogP) is 1.36. The van der Waals surface area contributed by atoms with Crippen LogP contribution in [0.2, 0.25) is 0 Å². The van der Waals surface area contributed by atoms with Crippen LogP contribution in [0.3, 0.4) is 0 Å². The highest BCUT2D eigenvalue weighted by Crippen LogP contribution is 2.24. The van der Waals surface area contributed by atoms with E-state index < -0.39 is 10.0 Å². The second-order valence-corrected chi connectivity index (χ2v) is 6.98. The summed E-state index contributed by atoms with van der Waals surface area (Å²) in [5.74, 6) is 1.85. The number of hydrogen-bond acceptors (Lipinski definition) is 4. The largest absolute Gasteiger partial charge is 0.398 e. The minimum atomic E-state index is -3.49. The first-order chi connectivity index (χ1) is 8.00. The molecule has 1 atom stereocenters. The van der Waals surface area contributed by atoms with E-state index in [0.717, 1.165) is 17.9 Å². The lowest BCUT2D eigenvalue weighted by atomic mass is 10.2. The van der Waals surface area contributed by atoms with Crippen LogP contribution in [0.4, 0.5) is 5.69 Å². The summed E-state index contributed by atoms with van der Waals surface area (Å²) < 4.78 is 27.2. The maximum Gasteiger partial charge on any atom is 0.243 e. The molecule has 1 fully saturated rings. The van der Waals surface area contributed by atoms with E-state index in [0.29, 0.717) is 11.3 Å². The monoisotopic (exact) mass is 272 g/mol. The van der Waals surface area contributed by atoms with Gasteiger partial charge in [-0.05, 0) is 30.7 Å². The Morgan fingerprint density at radius 2 is 2.24 bits per heavy atom. The molecule has 0 aromatic heterocycles. The van der Waals surface area contributed by atoms with Gasteiger partial charge in [0.05, 0.1) is 5.69 Å². The predicted molar refractivity (Wildman–Crippen MR) is 71.6 cm³/mol. The SMILES string of the molecule is Cc1cccc(N)c1S(=O)(=O)NC1CCSC1. The Labute approximate surface area is 106 Å². The van der Waals surface area contributed by atoms with Crippen molar-refractivity contribution in [3.8, 4) is 0 Å². The Kier molecular flexibility index (Phi) is 3.65. The third-order valence-corrected chi connectivity index (χ3v) is 5.66. The Bertz CT molecular complexity index is 488. The van der Waals surface area contributed by atoms with Gasteiger partial charge < -0.3 is 5.73 Å². The fourth-order valence-corrected chi connectivity index (χ4v) is 4.83. The van der Waals surface area contributed by atoms with Crippen LogP contribution in [0.1, 0.15) is 12.0 Å². The quantitative estimate of drug-likeness (QED) is 0.815. The number of nitrogens with one attached hydrogen (secondary N) is 1. The van der Waals surface area contributed by atoms with E-state index in [4.69, 9.17) is 5.73 Å². The van der Waals surface area contributed by atoms with E-state index in [1.165, 1.54) is 0 Å². The van der Waals surface area contributed by atoms with Crippen LogP contribution >= 0.6 is 11.8 Å². The van der Waals surface area contributed by atoms with Gasteiger partial charge in [-0.15, -0.1) is 0 Å². The van der Waals surface area contributed by atoms with Crippen molar-refractivity contribution in [3.05, 3.63) is 23.8 Å². The van der Waals surface area contributed by atoms with Gasteiger partial charge in [-0.3, -0.25) is 0 Å². The minimum absolute atomic E-state index is 0.0315. The number of rotatable bonds is 3. The minimum Gasteiger partial charge on any atom is -0.398 e. The summed E-state index contributed by atoms with van der Waals surface area (Å²) in [6.07, 6.45) is 0.885. The maximum atomic E-state index is 12.2. The topological polar surface area (TPSA) is 72.2 Å². The van der Waals surface area contributed by atoms with Crippen LogP contribution in [-0.4, -0.2) is 26.0 Å². The molecule has 0 amide bonds. The van der Waals surface area contributed by atoms with Crippen LogP contribution in [0.25, 0.3) is 0 Å². The molecule has 1 aromatic rings. The first-order valence-electron chi connectivity index (χ1n) is 5.46. The summed E-state index contributed by atoms with van der Waals surface area (Å²) in [4.78, 5) is 0.219. The van der Waals surface area contributed by atoms with Crippen LogP contribution < -0.4 is 10.5 Å². The van der Waals surface area contributed by atoms with Crippen molar-refractivity contribution in [1.82, 2.24) is 4.72 Å². The number of aryl methyl sites for hydroxylation is 1. The maximum absolute atomic E-state index is 12.2. The molecule has 6 heteroatoms. The van der Waals surface area contributed by atoms with Crippen molar-refractivity contribution in [2.75, 3.05) is 17.2 Å². The molecule has 0 radical (unpaired) electrons. The first kappa shape index (κ1) is 12.7. The standard InChI is InChI=1S/C11H16N2O2S2/c1-8-3-2-4-10(12)11(8)17(14,15)13-9-5-6-16-7-9/h2-4,9,13H,5-7,12H2,1H3. The molecule has 3 N–H and O–H groups in total. The van der Waals surface area contributed by atoms with E-state index in [9.17, 15) is 8.42 Å². The van der Waals surface area contributed by atoms with Crippen LogP contribution in [0, 0.1) is 6.92 Å². The Morgan fingerprint density at radius 1 is 1.47 bits per heavy atom. The molecule has 1 heterocycles. The highest BCUT2D eigenvalue weighted by molar-refractivity contribution is 7.99. The lowest BCUT2D eigenvalue weighted by molar-refractivity contribution is 0.563. The zero-order valence-corrected chi connectivity index (χ0v) is 11.3. The van der Waals surface area contributed by atoms with Crippen molar-refractivity contribution in [2.45, 2.75) is 24.3 Å². The normalized spacial score (nSPS) is 20.6. The number of hydrogen-bond donors (Lipinski definition) is 2. The lowest BCUT2D eigenvalue weighted by Crippen LogP contribution is -2.35. The molecule has 0 bridgehead atoms. The average molecular weight is 272 g/mol. The zero-order valence-electron chi connectivity index (χ0n) is 9.64. The number of nitrogens with two attached hydrogens (primary N) is 1. The van der Waals surface area contributed by atoms with Gasteiger partial charge in [-0.25, -0.2) is 13.1 Å². The molecule has 2 rings (SSSR count). The molecule has 1 unspecified atom stereocenters. The molecule has 94 valence electrons. The van der Waals surface area contributed by atoms with Crippen LogP contribution in [0.5, 0.6) is 0 Å². The van der Waals surface area contributed by atoms with E-state index >= 15 is 0 Å². The van der Waals surface area contributed by atoms with Gasteiger partial charge in [0.1, 0.15) is 4.90 Å². The number of sulfonamides is 1. The first-order valence-corrected chi connectivity index (χ1v) is 8.09. The molecular weight excluding hydrogens is 256 g/mol. The van der Waals surface area contributed by atoms with Gasteiger partial charge in [0.15, 0.2) is 0 Å². The Morgan fingerprint density at radius 3 is 2.82 bits per heavy atom. The molecule has 0 saturated carbocycles. The third kappa shape index (κ3) is 2.75. The molecule has 1 aromatic carbocycles. The third-order valence-electron chi connectivity index (χ3n) is 2.76. The summed E-state index contributed by atoms with van der Waals surface area (Å²) in [6, 6.07) is 5.16.